The predicted octanol–water partition coefficient (Wildman–Crippen LogP) is 3.84. The maximum atomic E-state index is 5.96. The molecule has 1 aromatic heterocycles. The smallest absolute Gasteiger partial charge is 0.195 e. The van der Waals surface area contributed by atoms with Crippen LogP contribution in [0.4, 0.5) is 0 Å². The van der Waals surface area contributed by atoms with Crippen LogP contribution in [0.1, 0.15) is 19.9 Å². The van der Waals surface area contributed by atoms with E-state index in [9.17, 15) is 0 Å². The molecule has 0 bridgehead atoms. The van der Waals surface area contributed by atoms with Crippen LogP contribution in [0.25, 0.3) is 11.4 Å². The molecule has 0 fully saturated rings. The molecule has 0 aliphatic carbocycles. The molecule has 0 unspecified atom stereocenters. The van der Waals surface area contributed by atoms with Gasteiger partial charge in [0.25, 0.3) is 0 Å². The Morgan fingerprint density at radius 3 is 2.81 bits per heavy atom. The predicted molar refractivity (Wildman–Crippen MR) is 68.2 cm³/mol. The molecule has 0 spiro atoms. The lowest BCUT2D eigenvalue weighted by atomic mass is 10.2. The summed E-state index contributed by atoms with van der Waals surface area (Å²) in [7, 11) is 0. The van der Waals surface area contributed by atoms with Crippen molar-refractivity contribution in [1.29, 1.82) is 0 Å². The highest BCUT2D eigenvalue weighted by molar-refractivity contribution is 7.71. The molecular weight excluding hydrogens is 242 g/mol. The summed E-state index contributed by atoms with van der Waals surface area (Å²) in [6, 6.07) is 7.85. The summed E-state index contributed by atoms with van der Waals surface area (Å²) in [5.41, 5.74) is 0.966. The molecule has 0 aliphatic rings. The van der Waals surface area contributed by atoms with Gasteiger partial charge in [-0.3, -0.25) is 9.67 Å². The van der Waals surface area contributed by atoms with E-state index in [1.165, 1.54) is 0 Å². The van der Waals surface area contributed by atoms with E-state index in [0.717, 1.165) is 11.4 Å². The van der Waals surface area contributed by atoms with Gasteiger partial charge in [-0.2, -0.15) is 5.10 Å². The third kappa shape index (κ3) is 2.03. The number of hydrogen-bond acceptors (Lipinski definition) is 2. The zero-order valence-electron chi connectivity index (χ0n) is 9.07. The van der Waals surface area contributed by atoms with Gasteiger partial charge in [0.05, 0.1) is 0 Å². The van der Waals surface area contributed by atoms with E-state index < -0.39 is 0 Å². The van der Waals surface area contributed by atoms with E-state index in [-0.39, 0.29) is 6.04 Å². The molecule has 3 nitrogen and oxygen atoms in total. The molecular formula is C11H12ClN3S. The molecule has 1 aromatic carbocycles. The Balaban J connectivity index is 2.61. The zero-order valence-corrected chi connectivity index (χ0v) is 10.6. The minimum absolute atomic E-state index is 0.264. The van der Waals surface area contributed by atoms with E-state index in [1.54, 1.807) is 0 Å². The van der Waals surface area contributed by atoms with Gasteiger partial charge in [-0.1, -0.05) is 23.7 Å². The van der Waals surface area contributed by atoms with Crippen LogP contribution in [0.15, 0.2) is 24.3 Å². The fourth-order valence-electron chi connectivity index (χ4n) is 1.61. The van der Waals surface area contributed by atoms with E-state index in [0.29, 0.717) is 9.79 Å². The highest BCUT2D eigenvalue weighted by Gasteiger charge is 2.11. The molecule has 1 heterocycles. The molecule has 0 aliphatic heterocycles. The topological polar surface area (TPSA) is 33.6 Å². The average molecular weight is 254 g/mol. The van der Waals surface area contributed by atoms with Crippen LogP contribution in [0.5, 0.6) is 0 Å². The Kier molecular flexibility index (Phi) is 3.12. The second-order valence-corrected chi connectivity index (χ2v) is 4.65. The monoisotopic (exact) mass is 253 g/mol. The first-order valence-corrected chi connectivity index (χ1v) is 5.81. The third-order valence-electron chi connectivity index (χ3n) is 2.30. The molecule has 0 atom stereocenters. The third-order valence-corrected chi connectivity index (χ3v) is 2.83. The first-order chi connectivity index (χ1) is 7.59. The minimum Gasteiger partial charge on any atom is -0.298 e. The number of benzene rings is 1. The fraction of sp³-hybridized carbons (Fsp3) is 0.273. The van der Waals surface area contributed by atoms with Crippen LogP contribution in [0, 0.1) is 4.77 Å². The minimum atomic E-state index is 0.264. The van der Waals surface area contributed by atoms with E-state index >= 15 is 0 Å². The van der Waals surface area contributed by atoms with Crippen LogP contribution in [-0.4, -0.2) is 14.8 Å². The van der Waals surface area contributed by atoms with Gasteiger partial charge in [0.2, 0.25) is 0 Å². The van der Waals surface area contributed by atoms with Gasteiger partial charge in [0, 0.05) is 16.6 Å². The van der Waals surface area contributed by atoms with Gasteiger partial charge >= 0.3 is 0 Å². The molecule has 0 saturated heterocycles. The average Bonchev–Trinajstić information content (AvgIpc) is 2.60. The molecule has 16 heavy (non-hydrogen) atoms. The number of rotatable bonds is 2. The summed E-state index contributed by atoms with van der Waals surface area (Å²) in [5.74, 6) is 0.822. The Morgan fingerprint density at radius 2 is 2.19 bits per heavy atom. The van der Waals surface area contributed by atoms with Crippen LogP contribution in [-0.2, 0) is 0 Å². The van der Waals surface area contributed by atoms with Crippen molar-refractivity contribution in [2.24, 2.45) is 0 Å². The number of aromatic nitrogens is 3. The molecule has 5 heteroatoms. The second kappa shape index (κ2) is 4.39. The van der Waals surface area contributed by atoms with E-state index in [1.807, 2.05) is 28.8 Å². The van der Waals surface area contributed by atoms with Gasteiger partial charge in [0.15, 0.2) is 10.6 Å². The van der Waals surface area contributed by atoms with E-state index in [2.05, 4.69) is 24.0 Å². The van der Waals surface area contributed by atoms with Crippen LogP contribution in [0.3, 0.4) is 0 Å². The highest BCUT2D eigenvalue weighted by atomic mass is 35.5. The van der Waals surface area contributed by atoms with E-state index in [4.69, 9.17) is 23.8 Å². The first-order valence-electron chi connectivity index (χ1n) is 5.02. The molecule has 84 valence electrons. The fourth-order valence-corrected chi connectivity index (χ4v) is 2.15. The van der Waals surface area contributed by atoms with Gasteiger partial charge in [-0.15, -0.1) is 0 Å². The lowest BCUT2D eigenvalue weighted by Gasteiger charge is -2.10. The zero-order chi connectivity index (χ0) is 11.7. The standard InChI is InChI=1S/C11H12ClN3S/c1-7(2)15-10(13-14-11(15)16)8-4-3-5-9(12)6-8/h3-7H,1-2H3,(H,14,16). The summed E-state index contributed by atoms with van der Waals surface area (Å²) in [5, 5.41) is 7.74. The lowest BCUT2D eigenvalue weighted by Crippen LogP contribution is -2.03. The summed E-state index contributed by atoms with van der Waals surface area (Å²) in [6.45, 7) is 4.14. The molecule has 0 amide bonds. The van der Waals surface area contributed by atoms with Gasteiger partial charge in [-0.05, 0) is 38.2 Å². The molecule has 1 N–H and O–H groups in total. The van der Waals surface area contributed by atoms with Crippen LogP contribution >= 0.6 is 23.8 Å². The highest BCUT2D eigenvalue weighted by Crippen LogP contribution is 2.23. The van der Waals surface area contributed by atoms with Crippen molar-refractivity contribution in [2.75, 3.05) is 0 Å². The Morgan fingerprint density at radius 1 is 1.44 bits per heavy atom. The second-order valence-electron chi connectivity index (χ2n) is 3.83. The number of H-pyrrole nitrogens is 1. The maximum absolute atomic E-state index is 5.96. The number of hydrogen-bond donors (Lipinski definition) is 1. The van der Waals surface area contributed by atoms with Crippen molar-refractivity contribution in [3.8, 4) is 11.4 Å². The quantitative estimate of drug-likeness (QED) is 0.825. The van der Waals surface area contributed by atoms with Crippen molar-refractivity contribution in [1.82, 2.24) is 14.8 Å². The number of nitrogens with zero attached hydrogens (tertiary/aromatic N) is 2. The number of halogens is 1. The van der Waals surface area contributed by atoms with Gasteiger partial charge < -0.3 is 0 Å². The normalized spacial score (nSPS) is 11.0. The Labute approximate surface area is 104 Å². The molecule has 2 rings (SSSR count). The molecule has 2 aromatic rings. The summed E-state index contributed by atoms with van der Waals surface area (Å²) in [4.78, 5) is 0. The maximum Gasteiger partial charge on any atom is 0.195 e. The number of nitrogens with one attached hydrogen (secondary N) is 1. The Hall–Kier alpha value is -1.13. The molecule has 0 saturated carbocycles. The molecule has 0 radical (unpaired) electrons. The number of aromatic amines is 1. The van der Waals surface area contributed by atoms with Gasteiger partial charge in [-0.25, -0.2) is 0 Å². The van der Waals surface area contributed by atoms with Crippen molar-refractivity contribution in [3.63, 3.8) is 0 Å². The largest absolute Gasteiger partial charge is 0.298 e. The SMILES string of the molecule is CC(C)n1c(-c2cccc(Cl)c2)n[nH]c1=S. The summed E-state index contributed by atoms with van der Waals surface area (Å²) in [6.07, 6.45) is 0. The van der Waals surface area contributed by atoms with Crippen molar-refractivity contribution in [2.45, 2.75) is 19.9 Å². The van der Waals surface area contributed by atoms with Crippen molar-refractivity contribution in [3.05, 3.63) is 34.1 Å². The van der Waals surface area contributed by atoms with Crippen LogP contribution in [0.2, 0.25) is 5.02 Å². The lowest BCUT2D eigenvalue weighted by molar-refractivity contribution is 0.597. The summed E-state index contributed by atoms with van der Waals surface area (Å²) < 4.78 is 2.60. The first kappa shape index (κ1) is 11.4. The van der Waals surface area contributed by atoms with Crippen molar-refractivity contribution >= 4 is 23.8 Å². The van der Waals surface area contributed by atoms with Gasteiger partial charge in [0.1, 0.15) is 0 Å². The van der Waals surface area contributed by atoms with Crippen molar-refractivity contribution < 1.29 is 0 Å². The Bertz CT molecular complexity index is 556. The summed E-state index contributed by atoms with van der Waals surface area (Å²) >= 11 is 11.2. The van der Waals surface area contributed by atoms with Crippen LogP contribution < -0.4 is 0 Å².